The van der Waals surface area contributed by atoms with Crippen molar-refractivity contribution in [1.82, 2.24) is 10.2 Å². The highest BCUT2D eigenvalue weighted by molar-refractivity contribution is 7.92. The maximum atomic E-state index is 13.3. The fourth-order valence-corrected chi connectivity index (χ4v) is 3.94. The Kier molecular flexibility index (Phi) is 8.21. The van der Waals surface area contributed by atoms with E-state index >= 15 is 0 Å². The van der Waals surface area contributed by atoms with Crippen molar-refractivity contribution in [2.45, 2.75) is 46.3 Å². The van der Waals surface area contributed by atoms with Crippen molar-refractivity contribution in [3.63, 3.8) is 0 Å². The number of amides is 2. The molecule has 0 saturated heterocycles. The number of hydrogen-bond acceptors (Lipinski definition) is 4. The minimum Gasteiger partial charge on any atom is -0.352 e. The first kappa shape index (κ1) is 24.4. The van der Waals surface area contributed by atoms with Crippen LogP contribution in [0.3, 0.4) is 0 Å². The summed E-state index contributed by atoms with van der Waals surface area (Å²) in [6.45, 7) is 7.03. The van der Waals surface area contributed by atoms with Crippen LogP contribution >= 0.6 is 0 Å². The number of sulfonamides is 1. The van der Waals surface area contributed by atoms with Crippen LogP contribution in [0.25, 0.3) is 0 Å². The maximum Gasteiger partial charge on any atom is 0.244 e. The molecule has 168 valence electrons. The van der Waals surface area contributed by atoms with Crippen LogP contribution in [0.5, 0.6) is 0 Å². The fraction of sp³-hybridized carbons (Fsp3) is 0.391. The van der Waals surface area contributed by atoms with E-state index in [4.69, 9.17) is 0 Å². The van der Waals surface area contributed by atoms with Gasteiger partial charge in [-0.25, -0.2) is 8.42 Å². The van der Waals surface area contributed by atoms with Crippen LogP contribution in [0.15, 0.2) is 54.6 Å². The molecule has 2 rings (SSSR count). The molecule has 7 nitrogen and oxygen atoms in total. The molecule has 0 saturated carbocycles. The van der Waals surface area contributed by atoms with E-state index < -0.39 is 28.5 Å². The van der Waals surface area contributed by atoms with E-state index in [1.54, 1.807) is 31.2 Å². The molecule has 1 N–H and O–H groups in total. The summed E-state index contributed by atoms with van der Waals surface area (Å²) in [6, 6.07) is 15.4. The topological polar surface area (TPSA) is 86.8 Å². The smallest absolute Gasteiger partial charge is 0.244 e. The molecule has 2 aromatic carbocycles. The maximum absolute atomic E-state index is 13.3. The summed E-state index contributed by atoms with van der Waals surface area (Å²) in [5.41, 5.74) is 2.23. The Balaban J connectivity index is 2.35. The molecule has 0 spiro atoms. The highest BCUT2D eigenvalue weighted by Gasteiger charge is 2.30. The SMILES string of the molecule is Cc1ccc(N(CC(=O)N(Cc2ccccc2)[C@@H](C)C(=O)NC(C)C)S(C)(=O)=O)cc1. The number of hydrogen-bond donors (Lipinski definition) is 1. The molecule has 0 radical (unpaired) electrons. The molecule has 0 aliphatic rings. The van der Waals surface area contributed by atoms with Gasteiger partial charge in [0.25, 0.3) is 0 Å². The first-order valence-electron chi connectivity index (χ1n) is 10.2. The van der Waals surface area contributed by atoms with Crippen LogP contribution in [0.2, 0.25) is 0 Å². The van der Waals surface area contributed by atoms with Gasteiger partial charge in [0.2, 0.25) is 21.8 Å². The van der Waals surface area contributed by atoms with Gasteiger partial charge in [0.05, 0.1) is 11.9 Å². The Morgan fingerprint density at radius 2 is 1.55 bits per heavy atom. The van der Waals surface area contributed by atoms with E-state index in [1.807, 2.05) is 51.1 Å². The fourth-order valence-electron chi connectivity index (χ4n) is 3.09. The summed E-state index contributed by atoms with van der Waals surface area (Å²) in [5.74, 6) is -0.748. The predicted octanol–water partition coefficient (Wildman–Crippen LogP) is 2.70. The third kappa shape index (κ3) is 7.10. The Bertz CT molecular complexity index is 989. The predicted molar refractivity (Wildman–Crippen MR) is 123 cm³/mol. The van der Waals surface area contributed by atoms with E-state index in [0.29, 0.717) is 5.69 Å². The molecule has 0 aliphatic carbocycles. The van der Waals surface area contributed by atoms with Gasteiger partial charge in [-0.05, 0) is 45.4 Å². The van der Waals surface area contributed by atoms with Crippen molar-refractivity contribution >= 4 is 27.5 Å². The first-order valence-corrected chi connectivity index (χ1v) is 12.0. The number of anilines is 1. The van der Waals surface area contributed by atoms with Gasteiger partial charge < -0.3 is 10.2 Å². The quantitative estimate of drug-likeness (QED) is 0.643. The van der Waals surface area contributed by atoms with E-state index in [9.17, 15) is 18.0 Å². The average Bonchev–Trinajstić information content (AvgIpc) is 2.70. The summed E-state index contributed by atoms with van der Waals surface area (Å²) in [5, 5.41) is 2.82. The summed E-state index contributed by atoms with van der Waals surface area (Å²) >= 11 is 0. The molecule has 0 fully saturated rings. The Hall–Kier alpha value is -2.87. The zero-order valence-corrected chi connectivity index (χ0v) is 19.5. The van der Waals surface area contributed by atoms with Gasteiger partial charge >= 0.3 is 0 Å². The van der Waals surface area contributed by atoms with Gasteiger partial charge in [0.1, 0.15) is 12.6 Å². The third-order valence-corrected chi connectivity index (χ3v) is 5.94. The number of aryl methyl sites for hydroxylation is 1. The summed E-state index contributed by atoms with van der Waals surface area (Å²) in [7, 11) is -3.71. The zero-order chi connectivity index (χ0) is 23.2. The van der Waals surface area contributed by atoms with Crippen LogP contribution in [0.4, 0.5) is 5.69 Å². The zero-order valence-electron chi connectivity index (χ0n) is 18.7. The standard InChI is InChI=1S/C23H31N3O4S/c1-17(2)24-23(28)19(4)25(15-20-9-7-6-8-10-20)22(27)16-26(31(5,29)30)21-13-11-18(3)12-14-21/h6-14,17,19H,15-16H2,1-5H3,(H,24,28)/t19-/m0/s1. The third-order valence-electron chi connectivity index (χ3n) is 4.80. The molecule has 2 aromatic rings. The number of benzene rings is 2. The number of carbonyl (C=O) groups excluding carboxylic acids is 2. The lowest BCUT2D eigenvalue weighted by molar-refractivity contribution is -0.139. The van der Waals surface area contributed by atoms with E-state index in [1.165, 1.54) is 4.90 Å². The number of rotatable bonds is 9. The van der Waals surface area contributed by atoms with Crippen molar-refractivity contribution in [3.8, 4) is 0 Å². The normalized spacial score (nSPS) is 12.3. The molecular weight excluding hydrogens is 414 g/mol. The number of nitrogens with one attached hydrogen (secondary N) is 1. The molecule has 2 amide bonds. The minimum atomic E-state index is -3.71. The van der Waals surface area contributed by atoms with E-state index in [-0.39, 0.29) is 18.5 Å². The Morgan fingerprint density at radius 3 is 2.06 bits per heavy atom. The molecular formula is C23H31N3O4S. The van der Waals surface area contributed by atoms with Crippen molar-refractivity contribution in [1.29, 1.82) is 0 Å². The second kappa shape index (κ2) is 10.4. The van der Waals surface area contributed by atoms with Crippen LogP contribution in [-0.2, 0) is 26.2 Å². The molecule has 0 heterocycles. The van der Waals surface area contributed by atoms with Crippen molar-refractivity contribution < 1.29 is 18.0 Å². The molecule has 31 heavy (non-hydrogen) atoms. The second-order valence-electron chi connectivity index (χ2n) is 7.95. The molecule has 0 aliphatic heterocycles. The summed E-state index contributed by atoms with van der Waals surface area (Å²) < 4.78 is 26.0. The van der Waals surface area contributed by atoms with Gasteiger partial charge in [0.15, 0.2) is 0 Å². The minimum absolute atomic E-state index is 0.0799. The molecule has 0 aromatic heterocycles. The van der Waals surface area contributed by atoms with Crippen molar-refractivity contribution in [2.24, 2.45) is 0 Å². The lowest BCUT2D eigenvalue weighted by atomic mass is 10.1. The first-order chi connectivity index (χ1) is 14.5. The van der Waals surface area contributed by atoms with Crippen LogP contribution in [0, 0.1) is 6.92 Å². The summed E-state index contributed by atoms with van der Waals surface area (Å²) in [6.07, 6.45) is 1.07. The second-order valence-corrected chi connectivity index (χ2v) is 9.86. The van der Waals surface area contributed by atoms with E-state index in [2.05, 4.69) is 5.32 Å². The van der Waals surface area contributed by atoms with Gasteiger partial charge in [-0.3, -0.25) is 13.9 Å². The van der Waals surface area contributed by atoms with Crippen molar-refractivity contribution in [2.75, 3.05) is 17.1 Å². The average molecular weight is 446 g/mol. The molecule has 8 heteroatoms. The van der Waals surface area contributed by atoms with Gasteiger partial charge in [0, 0.05) is 12.6 Å². The van der Waals surface area contributed by atoms with Crippen LogP contribution in [-0.4, -0.2) is 50.0 Å². The van der Waals surface area contributed by atoms with Gasteiger partial charge in [-0.1, -0.05) is 48.0 Å². The summed E-state index contributed by atoms with van der Waals surface area (Å²) in [4.78, 5) is 27.4. The van der Waals surface area contributed by atoms with Gasteiger partial charge in [-0.2, -0.15) is 0 Å². The Morgan fingerprint density at radius 1 is 0.968 bits per heavy atom. The highest BCUT2D eigenvalue weighted by Crippen LogP contribution is 2.19. The molecule has 0 unspecified atom stereocenters. The number of nitrogens with zero attached hydrogens (tertiary/aromatic N) is 2. The van der Waals surface area contributed by atoms with E-state index in [0.717, 1.165) is 21.7 Å². The largest absolute Gasteiger partial charge is 0.352 e. The highest BCUT2D eigenvalue weighted by atomic mass is 32.2. The Labute approximate surface area is 185 Å². The van der Waals surface area contributed by atoms with Crippen LogP contribution in [0.1, 0.15) is 31.9 Å². The monoisotopic (exact) mass is 445 g/mol. The lowest BCUT2D eigenvalue weighted by Crippen LogP contribution is -2.52. The van der Waals surface area contributed by atoms with Crippen molar-refractivity contribution in [3.05, 3.63) is 65.7 Å². The van der Waals surface area contributed by atoms with Gasteiger partial charge in [-0.15, -0.1) is 0 Å². The lowest BCUT2D eigenvalue weighted by Gasteiger charge is -2.31. The number of carbonyl (C=O) groups is 2. The molecule has 1 atom stereocenters. The van der Waals surface area contributed by atoms with Crippen LogP contribution < -0.4 is 9.62 Å². The molecule has 0 bridgehead atoms.